The summed E-state index contributed by atoms with van der Waals surface area (Å²) in [6, 6.07) is 15.0. The van der Waals surface area contributed by atoms with Crippen LogP contribution in [0.1, 0.15) is 18.1 Å². The van der Waals surface area contributed by atoms with Crippen LogP contribution in [-0.4, -0.2) is 5.88 Å². The minimum Gasteiger partial charge on any atom is -0.302 e. The molecule has 4 heteroatoms. The molecule has 1 N–H and O–H groups in total. The monoisotopic (exact) mass is 355 g/mol. The summed E-state index contributed by atoms with van der Waals surface area (Å²) >= 11 is 9.37. The van der Waals surface area contributed by atoms with Crippen molar-refractivity contribution in [1.29, 1.82) is 0 Å². The summed E-state index contributed by atoms with van der Waals surface area (Å²) in [6.45, 7) is 2.45. The molecule has 2 rings (SSSR count). The highest BCUT2D eigenvalue weighted by molar-refractivity contribution is 9.10. The van der Waals surface area contributed by atoms with Crippen molar-refractivity contribution >= 4 is 27.5 Å². The van der Waals surface area contributed by atoms with Crippen LogP contribution >= 0.6 is 27.5 Å². The molecule has 2 aromatic rings. The van der Waals surface area contributed by atoms with Gasteiger partial charge in [-0.15, -0.1) is 11.6 Å². The molecule has 20 heavy (non-hydrogen) atoms. The van der Waals surface area contributed by atoms with Gasteiger partial charge in [-0.2, -0.15) is 0 Å². The fourth-order valence-electron chi connectivity index (χ4n) is 1.99. The summed E-state index contributed by atoms with van der Waals surface area (Å²) in [7, 11) is 0. The summed E-state index contributed by atoms with van der Waals surface area (Å²) in [5, 5.41) is 3.35. The first kappa shape index (κ1) is 15.5. The van der Waals surface area contributed by atoms with Gasteiger partial charge in [0.2, 0.25) is 0 Å². The first-order valence-electron chi connectivity index (χ1n) is 6.35. The van der Waals surface area contributed by atoms with Crippen LogP contribution in [0, 0.1) is 5.82 Å². The summed E-state index contributed by atoms with van der Waals surface area (Å²) in [5.74, 6) is 0.187. The fourth-order valence-corrected chi connectivity index (χ4v) is 2.57. The highest BCUT2D eigenvalue weighted by Crippen LogP contribution is 2.23. The summed E-state index contributed by atoms with van der Waals surface area (Å²) in [4.78, 5) is 0. The first-order chi connectivity index (χ1) is 9.55. The topological polar surface area (TPSA) is 12.0 Å². The zero-order chi connectivity index (χ0) is 14.6. The number of rotatable bonds is 5. The van der Waals surface area contributed by atoms with Crippen molar-refractivity contribution in [3.05, 3.63) is 69.9 Å². The highest BCUT2D eigenvalue weighted by Gasteiger charge is 2.24. The highest BCUT2D eigenvalue weighted by atomic mass is 79.9. The molecule has 0 aliphatic carbocycles. The number of hydrogen-bond donors (Lipinski definition) is 1. The molecule has 1 unspecified atom stereocenters. The first-order valence-corrected chi connectivity index (χ1v) is 7.68. The number of halogens is 3. The molecule has 0 fully saturated rings. The van der Waals surface area contributed by atoms with Crippen LogP contribution in [-0.2, 0) is 12.1 Å². The Morgan fingerprint density at radius 3 is 2.50 bits per heavy atom. The van der Waals surface area contributed by atoms with Crippen LogP contribution in [0.25, 0.3) is 0 Å². The molecule has 0 amide bonds. The van der Waals surface area contributed by atoms with E-state index in [0.29, 0.717) is 18.0 Å². The number of benzene rings is 2. The van der Waals surface area contributed by atoms with Gasteiger partial charge in [-0.25, -0.2) is 4.39 Å². The van der Waals surface area contributed by atoms with Crippen molar-refractivity contribution in [1.82, 2.24) is 5.32 Å². The minimum absolute atomic E-state index is 0.225. The zero-order valence-corrected chi connectivity index (χ0v) is 13.5. The molecule has 0 aliphatic rings. The Morgan fingerprint density at radius 1 is 1.20 bits per heavy atom. The van der Waals surface area contributed by atoms with E-state index in [4.69, 9.17) is 11.6 Å². The summed E-state index contributed by atoms with van der Waals surface area (Å²) < 4.78 is 14.6. The fraction of sp³-hybridized carbons (Fsp3) is 0.250. The maximum atomic E-state index is 13.8. The van der Waals surface area contributed by atoms with Crippen LogP contribution in [0.15, 0.2) is 53.0 Å². The third-order valence-corrected chi connectivity index (χ3v) is 4.39. The van der Waals surface area contributed by atoms with Crippen LogP contribution < -0.4 is 5.32 Å². The lowest BCUT2D eigenvalue weighted by Crippen LogP contribution is -2.41. The summed E-state index contributed by atoms with van der Waals surface area (Å²) in [6.07, 6.45) is 0. The molecule has 0 saturated carbocycles. The lowest BCUT2D eigenvalue weighted by molar-refractivity contribution is 0.401. The van der Waals surface area contributed by atoms with Crippen molar-refractivity contribution in [3.63, 3.8) is 0 Å². The lowest BCUT2D eigenvalue weighted by atomic mass is 9.94. The number of hydrogen-bond acceptors (Lipinski definition) is 1. The largest absolute Gasteiger partial charge is 0.302 e. The molecule has 0 aliphatic heterocycles. The third kappa shape index (κ3) is 3.60. The van der Waals surface area contributed by atoms with Crippen LogP contribution in [0.4, 0.5) is 4.39 Å². The maximum absolute atomic E-state index is 13.8. The molecule has 0 saturated heterocycles. The van der Waals surface area contributed by atoms with E-state index < -0.39 is 0 Å². The molecule has 0 radical (unpaired) electrons. The van der Waals surface area contributed by atoms with Crippen molar-refractivity contribution in [3.8, 4) is 0 Å². The van der Waals surface area contributed by atoms with Gasteiger partial charge in [0.25, 0.3) is 0 Å². The van der Waals surface area contributed by atoms with Gasteiger partial charge >= 0.3 is 0 Å². The van der Waals surface area contributed by atoms with E-state index in [1.807, 2.05) is 43.3 Å². The van der Waals surface area contributed by atoms with Crippen molar-refractivity contribution in [2.45, 2.75) is 19.0 Å². The quantitative estimate of drug-likeness (QED) is 0.757. The molecular formula is C16H16BrClFN. The molecule has 1 atom stereocenters. The molecule has 0 spiro atoms. The van der Waals surface area contributed by atoms with Gasteiger partial charge in [0.15, 0.2) is 0 Å². The van der Waals surface area contributed by atoms with E-state index in [1.165, 1.54) is 6.07 Å². The van der Waals surface area contributed by atoms with Crippen LogP contribution in [0.2, 0.25) is 0 Å². The van der Waals surface area contributed by atoms with Gasteiger partial charge in [0.1, 0.15) is 5.82 Å². The van der Waals surface area contributed by atoms with Crippen LogP contribution in [0.5, 0.6) is 0 Å². The SMILES string of the molecule is CC(CCl)(NCc1ccc(Br)cc1F)c1ccccc1. The standard InChI is InChI=1S/C16H16BrClFN/c1-16(11-18,13-5-3-2-4-6-13)20-10-12-7-8-14(17)9-15(12)19/h2-9,20H,10-11H2,1H3. The van der Waals surface area contributed by atoms with E-state index in [-0.39, 0.29) is 11.4 Å². The summed E-state index contributed by atoms with van der Waals surface area (Å²) in [5.41, 5.74) is 1.33. The lowest BCUT2D eigenvalue weighted by Gasteiger charge is -2.29. The Hall–Kier alpha value is -0.900. The smallest absolute Gasteiger partial charge is 0.128 e. The molecule has 0 bridgehead atoms. The normalized spacial score (nSPS) is 14.0. The van der Waals surface area contributed by atoms with Crippen molar-refractivity contribution in [2.75, 3.05) is 5.88 Å². The van der Waals surface area contributed by atoms with E-state index in [1.54, 1.807) is 6.07 Å². The van der Waals surface area contributed by atoms with Crippen molar-refractivity contribution in [2.24, 2.45) is 0 Å². The molecule has 2 aromatic carbocycles. The van der Waals surface area contributed by atoms with Crippen molar-refractivity contribution < 1.29 is 4.39 Å². The number of alkyl halides is 1. The van der Waals surface area contributed by atoms with E-state index in [9.17, 15) is 4.39 Å². The second-order valence-electron chi connectivity index (χ2n) is 4.92. The third-order valence-electron chi connectivity index (χ3n) is 3.36. The predicted octanol–water partition coefficient (Wildman–Crippen LogP) is 4.83. The average Bonchev–Trinajstić information content (AvgIpc) is 2.47. The van der Waals surface area contributed by atoms with Gasteiger partial charge < -0.3 is 5.32 Å². The van der Waals surface area contributed by atoms with Gasteiger partial charge in [0, 0.05) is 22.5 Å². The number of nitrogens with one attached hydrogen (secondary N) is 1. The Bertz CT molecular complexity index is 576. The Labute approximate surface area is 132 Å². The van der Waals surface area contributed by atoms with Crippen LogP contribution in [0.3, 0.4) is 0 Å². The molecule has 0 aromatic heterocycles. The van der Waals surface area contributed by atoms with Gasteiger partial charge in [0.05, 0.1) is 5.54 Å². The molecular weight excluding hydrogens is 341 g/mol. The van der Waals surface area contributed by atoms with E-state index in [2.05, 4.69) is 21.2 Å². The average molecular weight is 357 g/mol. The predicted molar refractivity (Wildman–Crippen MR) is 85.5 cm³/mol. The van der Waals surface area contributed by atoms with E-state index in [0.717, 1.165) is 10.0 Å². The van der Waals surface area contributed by atoms with E-state index >= 15 is 0 Å². The Balaban J connectivity index is 2.15. The van der Waals surface area contributed by atoms with Gasteiger partial charge in [-0.3, -0.25) is 0 Å². The molecule has 0 heterocycles. The maximum Gasteiger partial charge on any atom is 0.128 e. The Kier molecular flexibility index (Phi) is 5.19. The molecule has 1 nitrogen and oxygen atoms in total. The van der Waals surface area contributed by atoms with Gasteiger partial charge in [-0.05, 0) is 24.6 Å². The van der Waals surface area contributed by atoms with Gasteiger partial charge in [-0.1, -0.05) is 52.3 Å². The zero-order valence-electron chi connectivity index (χ0n) is 11.2. The molecule has 106 valence electrons. The Morgan fingerprint density at radius 2 is 1.90 bits per heavy atom. The minimum atomic E-state index is -0.387. The second-order valence-corrected chi connectivity index (χ2v) is 6.10. The second kappa shape index (κ2) is 6.70.